The molecule has 0 aliphatic heterocycles. The summed E-state index contributed by atoms with van der Waals surface area (Å²) in [6, 6.07) is 10.6. The third-order valence-corrected chi connectivity index (χ3v) is 4.84. The van der Waals surface area contributed by atoms with Crippen molar-refractivity contribution in [3.8, 4) is 0 Å². The smallest absolute Gasteiger partial charge is 0.191 e. The molecule has 1 heterocycles. The summed E-state index contributed by atoms with van der Waals surface area (Å²) in [5.41, 5.74) is 0. The lowest BCUT2D eigenvalue weighted by Gasteiger charge is -2.18. The molecule has 0 spiro atoms. The van der Waals surface area contributed by atoms with Gasteiger partial charge in [-0.15, -0.1) is 45.9 Å². The van der Waals surface area contributed by atoms with Crippen LogP contribution in [-0.2, 0) is 17.7 Å². The Labute approximate surface area is 189 Å². The van der Waals surface area contributed by atoms with Crippen LogP contribution in [0.1, 0.15) is 19.7 Å². The number of nitrogens with one attached hydrogen (secondary N) is 2. The molecule has 0 aliphatic carbocycles. The monoisotopic (exact) mass is 518 g/mol. The molecule has 28 heavy (non-hydrogen) atoms. The fourth-order valence-corrected chi connectivity index (χ4v) is 3.33. The molecule has 1 aromatic heterocycles. The van der Waals surface area contributed by atoms with Gasteiger partial charge in [-0.1, -0.05) is 25.1 Å². The van der Waals surface area contributed by atoms with E-state index in [1.54, 1.807) is 13.4 Å². The van der Waals surface area contributed by atoms with Crippen molar-refractivity contribution in [2.24, 2.45) is 4.99 Å². The summed E-state index contributed by atoms with van der Waals surface area (Å²) in [4.78, 5) is 5.97. The maximum atomic E-state index is 5.21. The third kappa shape index (κ3) is 9.24. The van der Waals surface area contributed by atoms with Gasteiger partial charge in [0.25, 0.3) is 0 Å². The maximum absolute atomic E-state index is 5.21. The number of ether oxygens (including phenoxy) is 1. The number of halogens is 1. The van der Waals surface area contributed by atoms with E-state index in [4.69, 9.17) is 9.73 Å². The Morgan fingerprint density at radius 1 is 1.32 bits per heavy atom. The van der Waals surface area contributed by atoms with E-state index in [0.29, 0.717) is 13.2 Å². The quantitative estimate of drug-likeness (QED) is 0.157. The molecule has 1 unspecified atom stereocenters. The second-order valence-electron chi connectivity index (χ2n) is 6.11. The van der Waals surface area contributed by atoms with Gasteiger partial charge in [-0.3, -0.25) is 4.99 Å². The molecule has 2 aromatic rings. The number of guanidine groups is 1. The van der Waals surface area contributed by atoms with Crippen LogP contribution < -0.4 is 10.6 Å². The zero-order chi connectivity index (χ0) is 19.3. The van der Waals surface area contributed by atoms with Crippen LogP contribution in [0.3, 0.4) is 0 Å². The zero-order valence-electron chi connectivity index (χ0n) is 16.8. The first kappa shape index (κ1) is 24.7. The number of thioether (sulfide) groups is 1. The van der Waals surface area contributed by atoms with Gasteiger partial charge in [0.2, 0.25) is 0 Å². The molecule has 1 atom stereocenters. The lowest BCUT2D eigenvalue weighted by molar-refractivity contribution is 0.179. The standard InChI is InChI=1S/C19H30N6OS.HI/c1-4-18-24-22-15-25(18)12-10-20-19(23-16(2)14-26-3)21-11-13-27-17-8-6-5-7-9-17;/h5-9,15-16H,4,10-14H2,1-3H3,(H2,20,21,23);1H. The van der Waals surface area contributed by atoms with Crippen LogP contribution in [-0.4, -0.2) is 59.3 Å². The highest BCUT2D eigenvalue weighted by Crippen LogP contribution is 2.15. The molecule has 0 saturated heterocycles. The summed E-state index contributed by atoms with van der Waals surface area (Å²) < 4.78 is 7.26. The fraction of sp³-hybridized carbons (Fsp3) is 0.526. The normalized spacial score (nSPS) is 12.3. The number of aryl methyl sites for hydroxylation is 1. The van der Waals surface area contributed by atoms with Crippen LogP contribution >= 0.6 is 35.7 Å². The van der Waals surface area contributed by atoms with Gasteiger partial charge in [-0.05, 0) is 19.1 Å². The molecule has 2 N–H and O–H groups in total. The molecule has 0 aliphatic rings. The van der Waals surface area contributed by atoms with Crippen molar-refractivity contribution in [2.45, 2.75) is 37.8 Å². The molecule has 7 nitrogen and oxygen atoms in total. The summed E-state index contributed by atoms with van der Waals surface area (Å²) in [5, 5.41) is 14.9. The van der Waals surface area contributed by atoms with Gasteiger partial charge < -0.3 is 19.9 Å². The molecule has 1 aromatic carbocycles. The summed E-state index contributed by atoms with van der Waals surface area (Å²) in [6.07, 6.45) is 2.63. The molecule has 0 bridgehead atoms. The van der Waals surface area contributed by atoms with Gasteiger partial charge in [-0.25, -0.2) is 0 Å². The maximum Gasteiger partial charge on any atom is 0.191 e. The first-order chi connectivity index (χ1) is 13.2. The highest BCUT2D eigenvalue weighted by Gasteiger charge is 2.06. The second-order valence-corrected chi connectivity index (χ2v) is 7.28. The van der Waals surface area contributed by atoms with Crippen molar-refractivity contribution in [1.82, 2.24) is 25.4 Å². The average Bonchev–Trinajstić information content (AvgIpc) is 3.13. The van der Waals surface area contributed by atoms with Crippen LogP contribution in [0.15, 0.2) is 46.5 Å². The largest absolute Gasteiger partial charge is 0.383 e. The van der Waals surface area contributed by atoms with Crippen LogP contribution in [0.5, 0.6) is 0 Å². The van der Waals surface area contributed by atoms with E-state index < -0.39 is 0 Å². The minimum Gasteiger partial charge on any atom is -0.383 e. The molecule has 0 saturated carbocycles. The molecule has 0 fully saturated rings. The summed E-state index contributed by atoms with van der Waals surface area (Å²) >= 11 is 1.83. The zero-order valence-corrected chi connectivity index (χ0v) is 19.9. The average molecular weight is 518 g/mol. The number of benzene rings is 1. The lowest BCUT2D eigenvalue weighted by atomic mass is 10.4. The molecular weight excluding hydrogens is 487 g/mol. The molecular formula is C19H31IN6OS. The summed E-state index contributed by atoms with van der Waals surface area (Å²) in [7, 11) is 1.71. The van der Waals surface area contributed by atoms with Crippen molar-refractivity contribution < 1.29 is 4.74 Å². The van der Waals surface area contributed by atoms with Crippen molar-refractivity contribution in [3.05, 3.63) is 42.5 Å². The Hall–Kier alpha value is -1.33. The third-order valence-electron chi connectivity index (χ3n) is 3.83. The van der Waals surface area contributed by atoms with Crippen LogP contribution in [0.4, 0.5) is 0 Å². The Balaban J connectivity index is 0.00000392. The highest BCUT2D eigenvalue weighted by atomic mass is 127. The molecule has 156 valence electrons. The van der Waals surface area contributed by atoms with Crippen LogP contribution in [0.2, 0.25) is 0 Å². The number of aliphatic imine (C=N–C) groups is 1. The van der Waals surface area contributed by atoms with E-state index in [9.17, 15) is 0 Å². The van der Waals surface area contributed by atoms with E-state index >= 15 is 0 Å². The summed E-state index contributed by atoms with van der Waals surface area (Å²) in [6.45, 7) is 7.04. The van der Waals surface area contributed by atoms with Gasteiger partial charge in [0.15, 0.2) is 5.96 Å². The second kappa shape index (κ2) is 14.6. The lowest BCUT2D eigenvalue weighted by Crippen LogP contribution is -2.44. The summed E-state index contributed by atoms with van der Waals surface area (Å²) in [5.74, 6) is 2.76. The van der Waals surface area contributed by atoms with Crippen molar-refractivity contribution in [3.63, 3.8) is 0 Å². The first-order valence-corrected chi connectivity index (χ1v) is 10.3. The van der Waals surface area contributed by atoms with Crippen LogP contribution in [0.25, 0.3) is 0 Å². The topological polar surface area (TPSA) is 76.4 Å². The number of hydrogen-bond donors (Lipinski definition) is 2. The molecule has 0 amide bonds. The van der Waals surface area contributed by atoms with Gasteiger partial charge >= 0.3 is 0 Å². The Bertz CT molecular complexity index is 682. The van der Waals surface area contributed by atoms with E-state index in [0.717, 1.165) is 37.0 Å². The van der Waals surface area contributed by atoms with Crippen molar-refractivity contribution >= 4 is 41.7 Å². The Morgan fingerprint density at radius 3 is 2.82 bits per heavy atom. The Morgan fingerprint density at radius 2 is 2.11 bits per heavy atom. The minimum absolute atomic E-state index is 0. The van der Waals surface area contributed by atoms with Gasteiger partial charge in [0, 0.05) is 43.3 Å². The minimum atomic E-state index is 0. The number of methoxy groups -OCH3 is 1. The fourth-order valence-electron chi connectivity index (χ4n) is 2.54. The van der Waals surface area contributed by atoms with E-state index in [1.165, 1.54) is 4.90 Å². The van der Waals surface area contributed by atoms with E-state index in [2.05, 4.69) is 58.9 Å². The SMILES string of the molecule is CCc1nncn1CCN=C(NCCSc1ccccc1)NC(C)COC.I. The highest BCUT2D eigenvalue weighted by molar-refractivity contribution is 14.0. The molecule has 0 radical (unpaired) electrons. The van der Waals surface area contributed by atoms with E-state index in [-0.39, 0.29) is 30.0 Å². The van der Waals surface area contributed by atoms with Crippen LogP contribution in [0, 0.1) is 0 Å². The first-order valence-electron chi connectivity index (χ1n) is 9.31. The number of aromatic nitrogens is 3. The molecule has 9 heteroatoms. The van der Waals surface area contributed by atoms with Crippen molar-refractivity contribution in [2.75, 3.05) is 32.6 Å². The molecule has 2 rings (SSSR count). The van der Waals surface area contributed by atoms with Gasteiger partial charge in [-0.2, -0.15) is 0 Å². The van der Waals surface area contributed by atoms with E-state index in [1.807, 2.05) is 22.4 Å². The van der Waals surface area contributed by atoms with Gasteiger partial charge in [0.1, 0.15) is 12.2 Å². The van der Waals surface area contributed by atoms with Crippen molar-refractivity contribution in [1.29, 1.82) is 0 Å². The number of nitrogens with zero attached hydrogens (tertiary/aromatic N) is 4. The number of hydrogen-bond acceptors (Lipinski definition) is 5. The Kier molecular flexibility index (Phi) is 12.9. The van der Waals surface area contributed by atoms with Gasteiger partial charge in [0.05, 0.1) is 13.2 Å². The predicted octanol–water partition coefficient (Wildman–Crippen LogP) is 2.82. The number of rotatable bonds is 11. The predicted molar refractivity (Wildman–Crippen MR) is 127 cm³/mol.